The van der Waals surface area contributed by atoms with E-state index in [1.165, 1.54) is 33.5 Å². The molecule has 2 unspecified atom stereocenters. The molecule has 168 valence electrons. The van der Waals surface area contributed by atoms with Gasteiger partial charge in [-0.3, -0.25) is 5.32 Å². The molecule has 10 heteroatoms. The van der Waals surface area contributed by atoms with Gasteiger partial charge in [-0.25, -0.2) is 14.4 Å². The predicted octanol–water partition coefficient (Wildman–Crippen LogP) is 4.48. The zero-order valence-corrected chi connectivity index (χ0v) is 18.9. The molecule has 2 atom stereocenters. The van der Waals surface area contributed by atoms with Gasteiger partial charge in [-0.1, -0.05) is 41.4 Å². The maximum Gasteiger partial charge on any atom is 0.411 e. The average molecular weight is 479 g/mol. The number of carbonyl (C=O) groups excluding carboxylic acids is 3. The van der Waals surface area contributed by atoms with Crippen LogP contribution in [0.25, 0.3) is 0 Å². The van der Waals surface area contributed by atoms with Crippen LogP contribution in [0.4, 0.5) is 16.2 Å². The summed E-state index contributed by atoms with van der Waals surface area (Å²) in [4.78, 5) is 36.6. The SMILES string of the molecule is COC(=O)/C=C\C1c2c(Cl)cc(Cl)cc2NC1(C(=O)OC)c1ccc(NC(=O)OC)cc1. The molecule has 1 aliphatic heterocycles. The molecule has 0 radical (unpaired) electrons. The minimum Gasteiger partial charge on any atom is -0.467 e. The van der Waals surface area contributed by atoms with Crippen molar-refractivity contribution in [3.8, 4) is 0 Å². The summed E-state index contributed by atoms with van der Waals surface area (Å²) in [5, 5.41) is 6.43. The van der Waals surface area contributed by atoms with Crippen LogP contribution in [0, 0.1) is 0 Å². The van der Waals surface area contributed by atoms with Crippen molar-refractivity contribution < 1.29 is 28.6 Å². The van der Waals surface area contributed by atoms with Gasteiger partial charge in [0.1, 0.15) is 0 Å². The van der Waals surface area contributed by atoms with Gasteiger partial charge >= 0.3 is 18.0 Å². The molecule has 2 aromatic rings. The first kappa shape index (κ1) is 23.4. The number of esters is 2. The Balaban J connectivity index is 2.18. The van der Waals surface area contributed by atoms with Gasteiger partial charge in [0.25, 0.3) is 0 Å². The quantitative estimate of drug-likeness (QED) is 0.370. The Hall–Kier alpha value is -3.23. The lowest BCUT2D eigenvalue weighted by Gasteiger charge is -2.32. The highest BCUT2D eigenvalue weighted by Gasteiger charge is 2.54. The highest BCUT2D eigenvalue weighted by atomic mass is 35.5. The Bertz CT molecular complexity index is 1090. The summed E-state index contributed by atoms with van der Waals surface area (Å²) in [6.45, 7) is 0. The van der Waals surface area contributed by atoms with Gasteiger partial charge in [0.15, 0.2) is 5.54 Å². The second-order valence-electron chi connectivity index (χ2n) is 6.83. The maximum absolute atomic E-state index is 13.2. The van der Waals surface area contributed by atoms with Crippen molar-refractivity contribution in [2.45, 2.75) is 11.5 Å². The number of halogens is 2. The van der Waals surface area contributed by atoms with Crippen molar-refractivity contribution in [2.75, 3.05) is 32.0 Å². The van der Waals surface area contributed by atoms with Gasteiger partial charge in [-0.15, -0.1) is 0 Å². The van der Waals surface area contributed by atoms with Crippen LogP contribution in [0.1, 0.15) is 17.0 Å². The molecule has 3 rings (SSSR count). The Morgan fingerprint density at radius 2 is 1.72 bits per heavy atom. The van der Waals surface area contributed by atoms with Crippen LogP contribution in [0.5, 0.6) is 0 Å². The molecule has 0 saturated carbocycles. The summed E-state index contributed by atoms with van der Waals surface area (Å²) in [6, 6.07) is 9.71. The average Bonchev–Trinajstić information content (AvgIpc) is 3.12. The molecule has 0 fully saturated rings. The molecule has 2 N–H and O–H groups in total. The summed E-state index contributed by atoms with van der Waals surface area (Å²) < 4.78 is 14.4. The van der Waals surface area contributed by atoms with Crippen molar-refractivity contribution >= 4 is 52.6 Å². The molecule has 32 heavy (non-hydrogen) atoms. The zero-order chi connectivity index (χ0) is 23.5. The fraction of sp³-hybridized carbons (Fsp3) is 0.227. The lowest BCUT2D eigenvalue weighted by molar-refractivity contribution is -0.146. The van der Waals surface area contributed by atoms with Crippen molar-refractivity contribution in [3.63, 3.8) is 0 Å². The molecule has 0 aromatic heterocycles. The molecule has 0 bridgehead atoms. The van der Waals surface area contributed by atoms with E-state index >= 15 is 0 Å². The van der Waals surface area contributed by atoms with Gasteiger partial charge in [0.2, 0.25) is 0 Å². The Kier molecular flexibility index (Phi) is 6.96. The molecule has 0 saturated heterocycles. The first-order valence-electron chi connectivity index (χ1n) is 9.34. The van der Waals surface area contributed by atoms with Crippen LogP contribution in [-0.4, -0.2) is 39.4 Å². The number of carbonyl (C=O) groups is 3. The van der Waals surface area contributed by atoms with Gasteiger partial charge < -0.3 is 19.5 Å². The van der Waals surface area contributed by atoms with Crippen LogP contribution in [0.15, 0.2) is 48.6 Å². The molecular formula is C22H20Cl2N2O6. The topological polar surface area (TPSA) is 103 Å². The van der Waals surface area contributed by atoms with Gasteiger partial charge in [-0.05, 0) is 29.8 Å². The van der Waals surface area contributed by atoms with Gasteiger partial charge in [0.05, 0.1) is 21.3 Å². The van der Waals surface area contributed by atoms with E-state index in [9.17, 15) is 14.4 Å². The smallest absolute Gasteiger partial charge is 0.411 e. The summed E-state index contributed by atoms with van der Waals surface area (Å²) in [6.07, 6.45) is 2.12. The van der Waals surface area contributed by atoms with E-state index in [2.05, 4.69) is 15.4 Å². The van der Waals surface area contributed by atoms with Gasteiger partial charge in [-0.2, -0.15) is 0 Å². The lowest BCUT2D eigenvalue weighted by atomic mass is 9.77. The Morgan fingerprint density at radius 3 is 2.31 bits per heavy atom. The fourth-order valence-corrected chi connectivity index (χ4v) is 4.30. The minimum atomic E-state index is -1.47. The van der Waals surface area contributed by atoms with Crippen molar-refractivity contribution in [1.82, 2.24) is 0 Å². The predicted molar refractivity (Wildman–Crippen MR) is 120 cm³/mol. The number of hydrogen-bond donors (Lipinski definition) is 2. The number of hydrogen-bond acceptors (Lipinski definition) is 7. The van der Waals surface area contributed by atoms with Crippen LogP contribution in [0.3, 0.4) is 0 Å². The third-order valence-electron chi connectivity index (χ3n) is 5.11. The fourth-order valence-electron chi connectivity index (χ4n) is 3.69. The molecular weight excluding hydrogens is 459 g/mol. The van der Waals surface area contributed by atoms with Crippen molar-refractivity contribution in [1.29, 1.82) is 0 Å². The lowest BCUT2D eigenvalue weighted by Crippen LogP contribution is -2.45. The highest BCUT2D eigenvalue weighted by molar-refractivity contribution is 6.36. The van der Waals surface area contributed by atoms with E-state index in [-0.39, 0.29) is 0 Å². The molecule has 0 aliphatic carbocycles. The first-order valence-corrected chi connectivity index (χ1v) is 10.1. The number of anilines is 2. The van der Waals surface area contributed by atoms with E-state index in [1.807, 2.05) is 0 Å². The largest absolute Gasteiger partial charge is 0.467 e. The van der Waals surface area contributed by atoms with E-state index in [0.717, 1.165) is 0 Å². The third-order valence-corrected chi connectivity index (χ3v) is 5.64. The number of nitrogens with one attached hydrogen (secondary N) is 2. The summed E-state index contributed by atoms with van der Waals surface area (Å²) in [7, 11) is 3.77. The Labute approximate surface area is 194 Å². The highest BCUT2D eigenvalue weighted by Crippen LogP contribution is 2.53. The van der Waals surface area contributed by atoms with E-state index in [4.69, 9.17) is 32.7 Å². The molecule has 1 aliphatic rings. The number of fused-ring (bicyclic) bond motifs is 1. The van der Waals surface area contributed by atoms with Crippen LogP contribution in [-0.2, 0) is 29.3 Å². The molecule has 1 heterocycles. The van der Waals surface area contributed by atoms with Crippen molar-refractivity contribution in [3.05, 3.63) is 69.7 Å². The number of rotatable bonds is 5. The van der Waals surface area contributed by atoms with Gasteiger partial charge in [0, 0.05) is 39.0 Å². The minimum absolute atomic E-state index is 0.314. The molecule has 8 nitrogen and oxygen atoms in total. The second kappa shape index (κ2) is 9.50. The van der Waals surface area contributed by atoms with Crippen LogP contribution in [0.2, 0.25) is 10.0 Å². The van der Waals surface area contributed by atoms with Crippen molar-refractivity contribution in [2.24, 2.45) is 0 Å². The second-order valence-corrected chi connectivity index (χ2v) is 7.67. The zero-order valence-electron chi connectivity index (χ0n) is 17.4. The summed E-state index contributed by atoms with van der Waals surface area (Å²) >= 11 is 12.7. The van der Waals surface area contributed by atoms with Crippen LogP contribution < -0.4 is 10.6 Å². The summed E-state index contributed by atoms with van der Waals surface area (Å²) in [5.41, 5.74) is 0.573. The number of methoxy groups -OCH3 is 3. The van der Waals surface area contributed by atoms with E-state index < -0.39 is 29.5 Å². The maximum atomic E-state index is 13.2. The Morgan fingerprint density at radius 1 is 1.03 bits per heavy atom. The number of amides is 1. The standard InChI is InChI=1S/C22H20Cl2N2O6/c1-30-18(27)9-8-15-19-16(24)10-13(23)11-17(19)26-22(15,20(28)31-2)12-4-6-14(7-5-12)25-21(29)32-3/h4-11,15,26H,1-3H3,(H,25,29)/b9-8-. The first-order chi connectivity index (χ1) is 15.3. The summed E-state index contributed by atoms with van der Waals surface area (Å²) in [5.74, 6) is -1.96. The third kappa shape index (κ3) is 4.24. The van der Waals surface area contributed by atoms with E-state index in [0.29, 0.717) is 32.5 Å². The molecule has 2 aromatic carbocycles. The monoisotopic (exact) mass is 478 g/mol. The molecule has 0 spiro atoms. The number of ether oxygens (including phenoxy) is 3. The molecule has 1 amide bonds. The van der Waals surface area contributed by atoms with E-state index in [1.54, 1.807) is 36.4 Å². The number of benzene rings is 2. The van der Waals surface area contributed by atoms with Crippen LogP contribution >= 0.6 is 23.2 Å². The normalized spacial score (nSPS) is 19.1.